The Morgan fingerprint density at radius 3 is 2.45 bits per heavy atom. The second-order valence-corrected chi connectivity index (χ2v) is 16.3. The average molecular weight is 842 g/mol. The number of piperidine rings is 1. The molecule has 3 aromatic carbocycles. The van der Waals surface area contributed by atoms with Crippen LogP contribution in [0.5, 0.6) is 5.75 Å². The second kappa shape index (κ2) is 19.1. The van der Waals surface area contributed by atoms with Gasteiger partial charge in [-0.25, -0.2) is 0 Å². The van der Waals surface area contributed by atoms with Gasteiger partial charge in [0.2, 0.25) is 23.6 Å². The number of anilines is 2. The first-order valence-electron chi connectivity index (χ1n) is 21.5. The van der Waals surface area contributed by atoms with E-state index < -0.39 is 29.7 Å². The van der Waals surface area contributed by atoms with Gasteiger partial charge in [-0.1, -0.05) is 24.3 Å². The summed E-state index contributed by atoms with van der Waals surface area (Å²) in [6.07, 6.45) is 7.64. The van der Waals surface area contributed by atoms with E-state index in [9.17, 15) is 33.9 Å². The van der Waals surface area contributed by atoms with Crippen LogP contribution in [0.4, 0.5) is 11.4 Å². The molecule has 4 aliphatic heterocycles. The number of amides is 6. The quantitative estimate of drug-likeness (QED) is 0.0711. The molecule has 8 rings (SSSR count). The topological polar surface area (TPSA) is 199 Å². The summed E-state index contributed by atoms with van der Waals surface area (Å²) in [5, 5.41) is 21.9. The number of nitrogens with one attached hydrogen (secondary N) is 4. The first-order valence-corrected chi connectivity index (χ1v) is 21.5. The number of aliphatic hydroxyl groups is 1. The number of unbranched alkanes of at least 4 members (excludes halogenated alkanes) is 2. The summed E-state index contributed by atoms with van der Waals surface area (Å²) >= 11 is 0. The number of likely N-dealkylation sites (tertiary alicyclic amines) is 1. The van der Waals surface area contributed by atoms with E-state index in [1.165, 1.54) is 17.2 Å². The molecule has 1 aromatic heterocycles. The zero-order valence-electron chi connectivity index (χ0n) is 34.4. The third-order valence-electron chi connectivity index (χ3n) is 12.2. The molecule has 6 amide bonds. The molecule has 4 aromatic rings. The first kappa shape index (κ1) is 42.2. The fourth-order valence-corrected chi connectivity index (χ4v) is 9.14. The summed E-state index contributed by atoms with van der Waals surface area (Å²) in [6, 6.07) is 22.2. The average Bonchev–Trinajstić information content (AvgIpc) is 3.81. The Hall–Kier alpha value is -6.45. The van der Waals surface area contributed by atoms with Gasteiger partial charge in [0.1, 0.15) is 11.8 Å². The monoisotopic (exact) mass is 841 g/mol. The molecule has 1 unspecified atom stereocenters. The highest BCUT2D eigenvalue weighted by molar-refractivity contribution is 6.24. The van der Waals surface area contributed by atoms with Crippen molar-refractivity contribution in [1.29, 1.82) is 0 Å². The van der Waals surface area contributed by atoms with E-state index in [1.807, 2.05) is 36.7 Å². The van der Waals surface area contributed by atoms with Gasteiger partial charge in [-0.05, 0) is 116 Å². The van der Waals surface area contributed by atoms with Crippen LogP contribution in [0.3, 0.4) is 0 Å². The molecule has 4 aliphatic rings. The number of carbonyl (C=O) groups is 6. The van der Waals surface area contributed by atoms with Crippen LogP contribution >= 0.6 is 0 Å². The van der Waals surface area contributed by atoms with Crippen molar-refractivity contribution in [2.75, 3.05) is 36.9 Å². The molecule has 4 atom stereocenters. The number of hydrogen-bond acceptors (Lipinski definition) is 11. The third-order valence-corrected chi connectivity index (χ3v) is 12.2. The van der Waals surface area contributed by atoms with E-state index in [4.69, 9.17) is 4.74 Å². The van der Waals surface area contributed by atoms with Crippen LogP contribution in [-0.2, 0) is 25.7 Å². The SMILES string of the molecule is O=C(CCCCC(=O)Nc1cccc(-c2ccc3c(c2)[C@H]2[C@H](CCN2Cc2ccncc2)[C@@H](CO)N3)c1)NCCCCOc1cccc2c1C(=O)N(C1CCC(=O)NC1=O)C2=O. The van der Waals surface area contributed by atoms with Crippen molar-refractivity contribution in [2.45, 2.75) is 82.5 Å². The van der Waals surface area contributed by atoms with Crippen LogP contribution in [0.2, 0.25) is 0 Å². The van der Waals surface area contributed by atoms with Crippen LogP contribution in [0.25, 0.3) is 11.1 Å². The lowest BCUT2D eigenvalue weighted by Gasteiger charge is -2.39. The number of carbonyl (C=O) groups excluding carboxylic acids is 6. The summed E-state index contributed by atoms with van der Waals surface area (Å²) in [6.45, 7) is 2.50. The molecule has 2 saturated heterocycles. The van der Waals surface area contributed by atoms with E-state index in [0.29, 0.717) is 44.3 Å². The lowest BCUT2D eigenvalue weighted by atomic mass is 9.82. The van der Waals surface area contributed by atoms with Gasteiger partial charge < -0.3 is 25.8 Å². The van der Waals surface area contributed by atoms with Crippen molar-refractivity contribution >= 4 is 46.8 Å². The molecule has 62 heavy (non-hydrogen) atoms. The van der Waals surface area contributed by atoms with Gasteiger partial charge in [0.25, 0.3) is 11.8 Å². The molecule has 0 aliphatic carbocycles. The van der Waals surface area contributed by atoms with E-state index in [1.54, 1.807) is 12.1 Å². The Labute approximate surface area is 359 Å². The van der Waals surface area contributed by atoms with Crippen LogP contribution in [0.1, 0.15) is 95.7 Å². The summed E-state index contributed by atoms with van der Waals surface area (Å²) in [7, 11) is 0. The Bertz CT molecular complexity index is 2360. The number of nitrogens with zero attached hydrogens (tertiary/aromatic N) is 3. The number of aliphatic hydroxyl groups excluding tert-OH is 1. The summed E-state index contributed by atoms with van der Waals surface area (Å²) in [5.41, 5.74) is 6.45. The van der Waals surface area contributed by atoms with Crippen LogP contribution < -0.4 is 26.0 Å². The predicted molar refractivity (Wildman–Crippen MR) is 230 cm³/mol. The van der Waals surface area contributed by atoms with Crippen LogP contribution in [0.15, 0.2) is 85.2 Å². The number of hydrogen-bond donors (Lipinski definition) is 5. The smallest absolute Gasteiger partial charge is 0.266 e. The van der Waals surface area contributed by atoms with E-state index in [0.717, 1.165) is 41.2 Å². The first-order chi connectivity index (χ1) is 30.2. The highest BCUT2D eigenvalue weighted by Crippen LogP contribution is 2.48. The molecule has 15 heteroatoms. The maximum atomic E-state index is 13.3. The number of imide groups is 2. The normalized spacial score (nSPS) is 20.5. The van der Waals surface area contributed by atoms with E-state index in [-0.39, 0.29) is 79.2 Å². The Balaban J connectivity index is 0.753. The van der Waals surface area contributed by atoms with Crippen LogP contribution in [-0.4, -0.2) is 93.7 Å². The minimum Gasteiger partial charge on any atom is -0.493 e. The largest absolute Gasteiger partial charge is 0.493 e. The standard InChI is InChI=1S/C47H51N7O8/c55-28-37-33-19-23-53(27-29-17-21-48-22-18-29)44(33)35-26-31(13-14-36(35)51-37)30-7-5-8-32(25-30)50-41(57)12-2-1-11-40(56)49-20-3-4-24-62-39-10-6-9-34-43(39)47(61)54(46(34)60)38-15-16-42(58)52-45(38)59/h5-10,13-14,17-18,21-22,25-26,33,37-38,44,51,55H,1-4,11-12,15-16,19-20,23-24,27-28H2,(H,49,56)(H,50,57)(H,52,58,59)/t33-,37-,38?,44-/m1/s1. The second-order valence-electron chi connectivity index (χ2n) is 16.3. The molecule has 15 nitrogen and oxygen atoms in total. The predicted octanol–water partition coefficient (Wildman–Crippen LogP) is 4.97. The van der Waals surface area contributed by atoms with Gasteiger partial charge in [0.05, 0.1) is 30.4 Å². The third kappa shape index (κ3) is 9.23. The van der Waals surface area contributed by atoms with E-state index in [2.05, 4.69) is 61.5 Å². The maximum Gasteiger partial charge on any atom is 0.266 e. The Morgan fingerprint density at radius 2 is 1.65 bits per heavy atom. The van der Waals surface area contributed by atoms with Gasteiger partial charge >= 0.3 is 0 Å². The van der Waals surface area contributed by atoms with Gasteiger partial charge in [-0.15, -0.1) is 0 Å². The minimum atomic E-state index is -1.05. The molecule has 2 fully saturated rings. The highest BCUT2D eigenvalue weighted by Gasteiger charge is 2.46. The molecule has 5 N–H and O–H groups in total. The number of aromatic nitrogens is 1. The summed E-state index contributed by atoms with van der Waals surface area (Å²) in [5.74, 6) is -2.02. The highest BCUT2D eigenvalue weighted by atomic mass is 16.5. The number of rotatable bonds is 17. The van der Waals surface area contributed by atoms with Gasteiger partial charge in [0, 0.05) is 68.1 Å². The number of fused-ring (bicyclic) bond motifs is 4. The Morgan fingerprint density at radius 1 is 0.855 bits per heavy atom. The molecule has 0 radical (unpaired) electrons. The summed E-state index contributed by atoms with van der Waals surface area (Å²) in [4.78, 5) is 83.3. The molecular weight excluding hydrogens is 791 g/mol. The molecule has 0 bridgehead atoms. The van der Waals surface area contributed by atoms with Crippen molar-refractivity contribution in [1.82, 2.24) is 25.4 Å². The van der Waals surface area contributed by atoms with Crippen molar-refractivity contribution in [3.8, 4) is 16.9 Å². The van der Waals surface area contributed by atoms with Crippen molar-refractivity contribution in [3.05, 3.63) is 107 Å². The van der Waals surface area contributed by atoms with Crippen molar-refractivity contribution in [2.24, 2.45) is 5.92 Å². The summed E-state index contributed by atoms with van der Waals surface area (Å²) < 4.78 is 5.87. The zero-order chi connectivity index (χ0) is 43.2. The van der Waals surface area contributed by atoms with Gasteiger partial charge in [0.15, 0.2) is 0 Å². The maximum absolute atomic E-state index is 13.3. The van der Waals surface area contributed by atoms with Gasteiger partial charge in [-0.3, -0.25) is 48.9 Å². The van der Waals surface area contributed by atoms with Crippen molar-refractivity contribution in [3.63, 3.8) is 0 Å². The lowest BCUT2D eigenvalue weighted by molar-refractivity contribution is -0.136. The molecular formula is C47H51N7O8. The molecule has 0 saturated carbocycles. The number of benzene rings is 3. The lowest BCUT2D eigenvalue weighted by Crippen LogP contribution is -2.54. The molecule has 322 valence electrons. The fraction of sp³-hybridized carbons (Fsp3) is 0.383. The van der Waals surface area contributed by atoms with Crippen LogP contribution in [0, 0.1) is 5.92 Å². The minimum absolute atomic E-state index is 0.00950. The molecule has 0 spiro atoms. The van der Waals surface area contributed by atoms with Gasteiger partial charge in [-0.2, -0.15) is 0 Å². The zero-order valence-corrected chi connectivity index (χ0v) is 34.4. The van der Waals surface area contributed by atoms with E-state index >= 15 is 0 Å². The van der Waals surface area contributed by atoms with Crippen molar-refractivity contribution < 1.29 is 38.6 Å². The number of ether oxygens (including phenoxy) is 1. The fourth-order valence-electron chi connectivity index (χ4n) is 9.14. The number of pyridine rings is 1. The Kier molecular flexibility index (Phi) is 13.0. The molecule has 5 heterocycles.